The van der Waals surface area contributed by atoms with E-state index in [1.54, 1.807) is 13.2 Å². The van der Waals surface area contributed by atoms with Crippen molar-refractivity contribution in [3.8, 4) is 5.75 Å². The molecule has 3 aromatic rings. The first-order valence-corrected chi connectivity index (χ1v) is 10.0. The molecule has 1 aromatic carbocycles. The Hall–Kier alpha value is -2.84. The minimum Gasteiger partial charge on any atom is -0.497 e. The number of ether oxygens (including phenoxy) is 2. The van der Waals surface area contributed by atoms with Gasteiger partial charge in [-0.2, -0.15) is 5.10 Å². The molecule has 0 atom stereocenters. The van der Waals surface area contributed by atoms with Gasteiger partial charge in [-0.15, -0.1) is 0 Å². The van der Waals surface area contributed by atoms with Gasteiger partial charge in [0.1, 0.15) is 5.75 Å². The molecule has 0 saturated carbocycles. The first-order valence-electron chi connectivity index (χ1n) is 9.63. The van der Waals surface area contributed by atoms with Crippen molar-refractivity contribution < 1.29 is 14.3 Å². The highest BCUT2D eigenvalue weighted by Gasteiger charge is 2.34. The van der Waals surface area contributed by atoms with E-state index in [0.29, 0.717) is 37.6 Å². The van der Waals surface area contributed by atoms with Crippen LogP contribution in [0.1, 0.15) is 23.0 Å². The van der Waals surface area contributed by atoms with Crippen molar-refractivity contribution in [3.05, 3.63) is 52.9 Å². The van der Waals surface area contributed by atoms with Crippen LogP contribution in [0.2, 0.25) is 5.15 Å². The molecule has 1 amide bonds. The number of anilines is 1. The maximum atomic E-state index is 12.7. The highest BCUT2D eigenvalue weighted by Crippen LogP contribution is 2.27. The second-order valence-electron chi connectivity index (χ2n) is 7.92. The lowest BCUT2D eigenvalue weighted by molar-refractivity contribution is -0.0978. The first kappa shape index (κ1) is 20.4. The number of hydrogen-bond acceptors (Lipinski definition) is 6. The zero-order valence-electron chi connectivity index (χ0n) is 17.2. The zero-order chi connectivity index (χ0) is 21.3. The largest absolute Gasteiger partial charge is 0.497 e. The lowest BCUT2D eigenvalue weighted by atomic mass is 9.89. The minimum absolute atomic E-state index is 0.0228. The maximum absolute atomic E-state index is 12.7. The van der Waals surface area contributed by atoms with Crippen LogP contribution in [-0.2, 0) is 11.3 Å². The molecule has 1 aliphatic rings. The summed E-state index contributed by atoms with van der Waals surface area (Å²) < 4.78 is 11.9. The van der Waals surface area contributed by atoms with Crippen LogP contribution in [0, 0.1) is 5.41 Å². The summed E-state index contributed by atoms with van der Waals surface area (Å²) in [6.45, 7) is 4.53. The van der Waals surface area contributed by atoms with Crippen LogP contribution in [0.25, 0.3) is 5.65 Å². The van der Waals surface area contributed by atoms with Gasteiger partial charge in [0.05, 0.1) is 32.2 Å². The molecular weight excluding hydrogens is 406 g/mol. The van der Waals surface area contributed by atoms with E-state index in [4.69, 9.17) is 21.1 Å². The number of fused-ring (bicyclic) bond motifs is 1. The van der Waals surface area contributed by atoms with E-state index in [0.717, 1.165) is 17.0 Å². The van der Waals surface area contributed by atoms with Gasteiger partial charge < -0.3 is 19.7 Å². The number of halogens is 1. The summed E-state index contributed by atoms with van der Waals surface area (Å²) in [6.07, 6.45) is 1.53. The first-order chi connectivity index (χ1) is 14.4. The number of carbonyl (C=O) groups is 1. The van der Waals surface area contributed by atoms with Gasteiger partial charge in [0, 0.05) is 31.6 Å². The van der Waals surface area contributed by atoms with E-state index in [1.165, 1.54) is 10.7 Å². The van der Waals surface area contributed by atoms with Gasteiger partial charge in [0.15, 0.2) is 16.5 Å². The number of nitrogens with one attached hydrogen (secondary N) is 1. The van der Waals surface area contributed by atoms with E-state index < -0.39 is 0 Å². The molecule has 0 bridgehead atoms. The van der Waals surface area contributed by atoms with E-state index in [1.807, 2.05) is 36.2 Å². The number of carbonyl (C=O) groups excluding carboxylic acids is 1. The number of imidazole rings is 1. The molecule has 3 heterocycles. The van der Waals surface area contributed by atoms with Crippen LogP contribution < -0.4 is 15.0 Å². The fourth-order valence-corrected chi connectivity index (χ4v) is 3.56. The highest BCUT2D eigenvalue weighted by atomic mass is 35.5. The van der Waals surface area contributed by atoms with Crippen molar-refractivity contribution in [2.24, 2.45) is 5.41 Å². The highest BCUT2D eigenvalue weighted by molar-refractivity contribution is 6.29. The normalized spacial score (nSPS) is 14.9. The molecule has 2 aromatic heterocycles. The maximum Gasteiger partial charge on any atom is 0.271 e. The topological polar surface area (TPSA) is 81.0 Å². The molecule has 0 aliphatic carbocycles. The van der Waals surface area contributed by atoms with Crippen LogP contribution in [0.15, 0.2) is 36.5 Å². The molecule has 30 heavy (non-hydrogen) atoms. The van der Waals surface area contributed by atoms with Crippen molar-refractivity contribution in [1.82, 2.24) is 19.9 Å². The van der Waals surface area contributed by atoms with Crippen LogP contribution in [0.5, 0.6) is 5.75 Å². The Labute approximate surface area is 179 Å². The van der Waals surface area contributed by atoms with Crippen LogP contribution in [-0.4, -0.2) is 54.4 Å². The Morgan fingerprint density at radius 1 is 1.37 bits per heavy atom. The lowest BCUT2D eigenvalue weighted by Crippen LogP contribution is -2.48. The van der Waals surface area contributed by atoms with Crippen molar-refractivity contribution >= 4 is 28.8 Å². The molecule has 0 radical (unpaired) electrons. The van der Waals surface area contributed by atoms with Crippen LogP contribution >= 0.6 is 11.6 Å². The fourth-order valence-electron chi connectivity index (χ4n) is 3.39. The molecule has 8 nitrogen and oxygen atoms in total. The Bertz CT molecular complexity index is 1060. The summed E-state index contributed by atoms with van der Waals surface area (Å²) in [4.78, 5) is 19.2. The molecule has 4 rings (SSSR count). The molecule has 9 heteroatoms. The number of aromatic nitrogens is 3. The van der Waals surface area contributed by atoms with Gasteiger partial charge in [-0.1, -0.05) is 30.7 Å². The Balaban J connectivity index is 1.57. The monoisotopic (exact) mass is 429 g/mol. The fraction of sp³-hybridized carbons (Fsp3) is 0.381. The predicted octanol–water partition coefficient (Wildman–Crippen LogP) is 2.79. The van der Waals surface area contributed by atoms with Crippen LogP contribution in [0.4, 0.5) is 5.69 Å². The van der Waals surface area contributed by atoms with Gasteiger partial charge in [-0.3, -0.25) is 4.79 Å². The molecule has 0 unspecified atom stereocenters. The second kappa shape index (κ2) is 8.12. The number of methoxy groups -OCH3 is 1. The van der Waals surface area contributed by atoms with Crippen molar-refractivity contribution in [3.63, 3.8) is 0 Å². The number of hydrogen-bond donors (Lipinski definition) is 1. The van der Waals surface area contributed by atoms with E-state index in [2.05, 4.69) is 22.3 Å². The Morgan fingerprint density at radius 3 is 2.73 bits per heavy atom. The molecule has 1 saturated heterocycles. The van der Waals surface area contributed by atoms with Gasteiger partial charge in [0.2, 0.25) is 0 Å². The standard InChI is InChI=1S/C21H24ClN5O3/c1-21(12-30-13-21)11-24-20(28)17-9-23-19-16(8-18(22)25-27(17)19)26(2)10-14-4-6-15(29-3)7-5-14/h4-9H,10-13H2,1-3H3,(H,24,28). The van der Waals surface area contributed by atoms with E-state index >= 15 is 0 Å². The van der Waals surface area contributed by atoms with E-state index in [-0.39, 0.29) is 16.5 Å². The lowest BCUT2D eigenvalue weighted by Gasteiger charge is -2.37. The molecule has 1 fully saturated rings. The quantitative estimate of drug-likeness (QED) is 0.622. The number of benzene rings is 1. The molecular formula is C21H24ClN5O3. The molecule has 158 valence electrons. The summed E-state index contributed by atoms with van der Waals surface area (Å²) in [5.74, 6) is 0.566. The van der Waals surface area contributed by atoms with E-state index in [9.17, 15) is 4.79 Å². The summed E-state index contributed by atoms with van der Waals surface area (Å²) in [5.41, 5.74) is 2.77. The SMILES string of the molecule is COc1ccc(CN(C)c2cc(Cl)nn3c(C(=O)NCC4(C)COC4)cnc23)cc1. The average Bonchev–Trinajstić information content (AvgIpc) is 3.14. The number of amides is 1. The Kier molecular flexibility index (Phi) is 5.53. The number of nitrogens with zero attached hydrogens (tertiary/aromatic N) is 4. The van der Waals surface area contributed by atoms with Gasteiger partial charge in [-0.25, -0.2) is 9.50 Å². The summed E-state index contributed by atoms with van der Waals surface area (Å²) in [5, 5.41) is 7.53. The second-order valence-corrected chi connectivity index (χ2v) is 8.31. The average molecular weight is 430 g/mol. The Morgan fingerprint density at radius 2 is 2.10 bits per heavy atom. The third kappa shape index (κ3) is 4.06. The molecule has 0 spiro atoms. The zero-order valence-corrected chi connectivity index (χ0v) is 17.9. The van der Waals surface area contributed by atoms with Gasteiger partial charge in [-0.05, 0) is 17.7 Å². The smallest absolute Gasteiger partial charge is 0.271 e. The minimum atomic E-state index is -0.242. The van der Waals surface area contributed by atoms with Crippen LogP contribution in [0.3, 0.4) is 0 Å². The van der Waals surface area contributed by atoms with Crippen molar-refractivity contribution in [2.45, 2.75) is 13.5 Å². The van der Waals surface area contributed by atoms with Crippen molar-refractivity contribution in [1.29, 1.82) is 0 Å². The van der Waals surface area contributed by atoms with Crippen molar-refractivity contribution in [2.75, 3.05) is 38.8 Å². The summed E-state index contributed by atoms with van der Waals surface area (Å²) in [6, 6.07) is 9.60. The summed E-state index contributed by atoms with van der Waals surface area (Å²) in [7, 11) is 3.59. The third-order valence-electron chi connectivity index (χ3n) is 5.22. The summed E-state index contributed by atoms with van der Waals surface area (Å²) >= 11 is 6.27. The molecule has 1 aliphatic heterocycles. The molecule has 1 N–H and O–H groups in total. The predicted molar refractivity (Wildman–Crippen MR) is 114 cm³/mol. The van der Waals surface area contributed by atoms with Gasteiger partial charge in [0.25, 0.3) is 5.91 Å². The third-order valence-corrected chi connectivity index (χ3v) is 5.40. The number of rotatable bonds is 7. The van der Waals surface area contributed by atoms with Gasteiger partial charge >= 0.3 is 0 Å².